The van der Waals surface area contributed by atoms with E-state index in [1.165, 1.54) is 6.92 Å². The molecule has 0 aliphatic carbocycles. The Kier molecular flexibility index (Phi) is 7.39. The molecule has 0 bridgehead atoms. The highest BCUT2D eigenvalue weighted by atomic mass is 32.2. The fraction of sp³-hybridized carbons (Fsp3) is 0.500. The smallest absolute Gasteiger partial charge is 0.368 e. The quantitative estimate of drug-likeness (QED) is 0.653. The van der Waals surface area contributed by atoms with E-state index in [4.69, 9.17) is 0 Å². The number of rotatable bonds is 6. The Bertz CT molecular complexity index is 1150. The van der Waals surface area contributed by atoms with Crippen LogP contribution in [0.15, 0.2) is 35.4 Å². The molecule has 1 fully saturated rings. The first-order chi connectivity index (χ1) is 15.8. The van der Waals surface area contributed by atoms with Crippen LogP contribution in [0.3, 0.4) is 0 Å². The highest BCUT2D eigenvalue weighted by molar-refractivity contribution is 7.90. The van der Waals surface area contributed by atoms with Gasteiger partial charge in [-0.15, -0.1) is 0 Å². The van der Waals surface area contributed by atoms with E-state index >= 15 is 0 Å². The van der Waals surface area contributed by atoms with Crippen molar-refractivity contribution in [3.05, 3.63) is 41.7 Å². The molecule has 3 rings (SSSR count). The first kappa shape index (κ1) is 25.7. The second-order valence-corrected chi connectivity index (χ2v) is 10.6. The number of hydrogen-bond acceptors (Lipinski definition) is 7. The lowest BCUT2D eigenvalue weighted by Gasteiger charge is -2.44. The maximum atomic E-state index is 13.2. The molecule has 1 aliphatic rings. The number of piperazine rings is 1. The highest BCUT2D eigenvalue weighted by Crippen LogP contribution is 2.31. The van der Waals surface area contributed by atoms with Gasteiger partial charge in [0.25, 0.3) is 0 Å². The summed E-state index contributed by atoms with van der Waals surface area (Å²) in [5, 5.41) is 2.62. The number of alkyl halides is 3. The molecule has 0 radical (unpaired) electrons. The van der Waals surface area contributed by atoms with Crippen LogP contribution in [0, 0.1) is 5.92 Å². The SMILES string of the molecule is CC(=O)NCc1ccc(N2CCN(c3nccc(C(F)(F)F)n3)C(C(C)C)C2)cc1S(C)(=O)=O. The minimum atomic E-state index is -4.56. The third-order valence-corrected chi connectivity index (χ3v) is 6.90. The summed E-state index contributed by atoms with van der Waals surface area (Å²) in [6.45, 7) is 6.64. The van der Waals surface area contributed by atoms with Crippen LogP contribution >= 0.6 is 0 Å². The highest BCUT2D eigenvalue weighted by Gasteiger charge is 2.36. The summed E-state index contributed by atoms with van der Waals surface area (Å²) in [5.41, 5.74) is 0.176. The molecule has 12 heteroatoms. The van der Waals surface area contributed by atoms with E-state index in [0.29, 0.717) is 30.9 Å². The van der Waals surface area contributed by atoms with Crippen molar-refractivity contribution in [3.63, 3.8) is 0 Å². The molecule has 34 heavy (non-hydrogen) atoms. The van der Waals surface area contributed by atoms with Gasteiger partial charge in [-0.3, -0.25) is 4.79 Å². The molecule has 1 aromatic carbocycles. The number of sulfone groups is 1. The monoisotopic (exact) mass is 499 g/mol. The molecule has 186 valence electrons. The molecule has 0 saturated carbocycles. The normalized spacial score (nSPS) is 17.2. The Labute approximate surface area is 197 Å². The Morgan fingerprint density at radius 3 is 2.53 bits per heavy atom. The van der Waals surface area contributed by atoms with Crippen LogP contribution in [0.4, 0.5) is 24.8 Å². The van der Waals surface area contributed by atoms with Crippen LogP contribution in [0.5, 0.6) is 0 Å². The van der Waals surface area contributed by atoms with Gasteiger partial charge in [0, 0.05) is 51.2 Å². The fourth-order valence-electron chi connectivity index (χ4n) is 3.96. The molecule has 1 aliphatic heterocycles. The number of hydrogen-bond donors (Lipinski definition) is 1. The first-order valence-corrected chi connectivity index (χ1v) is 12.7. The van der Waals surface area contributed by atoms with E-state index in [9.17, 15) is 26.4 Å². The van der Waals surface area contributed by atoms with Crippen LogP contribution in [-0.2, 0) is 27.4 Å². The van der Waals surface area contributed by atoms with Crippen molar-refractivity contribution < 1.29 is 26.4 Å². The summed E-state index contributed by atoms with van der Waals surface area (Å²) in [7, 11) is -3.56. The molecule has 1 amide bonds. The molecule has 2 aromatic rings. The van der Waals surface area contributed by atoms with E-state index in [0.717, 1.165) is 18.5 Å². The third-order valence-electron chi connectivity index (χ3n) is 5.72. The van der Waals surface area contributed by atoms with Crippen LogP contribution < -0.4 is 15.1 Å². The Morgan fingerprint density at radius 2 is 1.94 bits per heavy atom. The molecule has 1 unspecified atom stereocenters. The number of carbonyl (C=O) groups is 1. The van der Waals surface area contributed by atoms with Crippen molar-refractivity contribution in [2.45, 2.75) is 44.4 Å². The molecule has 1 atom stereocenters. The number of carbonyl (C=O) groups excluding carboxylic acids is 1. The summed E-state index contributed by atoms with van der Waals surface area (Å²) >= 11 is 0. The molecular formula is C22H28F3N5O3S. The molecule has 8 nitrogen and oxygen atoms in total. The Balaban J connectivity index is 1.89. The lowest BCUT2D eigenvalue weighted by Crippen LogP contribution is -2.56. The number of amides is 1. The maximum Gasteiger partial charge on any atom is 0.433 e. The van der Waals surface area contributed by atoms with Crippen LogP contribution in [0.1, 0.15) is 32.0 Å². The third kappa shape index (κ3) is 5.96. The van der Waals surface area contributed by atoms with Crippen molar-refractivity contribution in [2.75, 3.05) is 35.7 Å². The van der Waals surface area contributed by atoms with E-state index < -0.39 is 21.7 Å². The standard InChI is InChI=1S/C22H28F3N5O3S/c1-14(2)18-13-29(9-10-30(18)21-26-8-7-20(28-21)22(23,24)25)17-6-5-16(12-27-15(3)31)19(11-17)34(4,32)33/h5-8,11,14,18H,9-10,12-13H2,1-4H3,(H,27,31). The predicted octanol–water partition coefficient (Wildman–Crippen LogP) is 2.89. The van der Waals surface area contributed by atoms with Gasteiger partial charge in [-0.25, -0.2) is 18.4 Å². The number of halogens is 3. The number of benzene rings is 1. The van der Waals surface area contributed by atoms with Gasteiger partial charge >= 0.3 is 6.18 Å². The first-order valence-electron chi connectivity index (χ1n) is 10.8. The number of aromatic nitrogens is 2. The van der Waals surface area contributed by atoms with Gasteiger partial charge in [-0.2, -0.15) is 13.2 Å². The Morgan fingerprint density at radius 1 is 1.24 bits per heavy atom. The minimum Gasteiger partial charge on any atom is -0.368 e. The average Bonchev–Trinajstić information content (AvgIpc) is 2.76. The van der Waals surface area contributed by atoms with Crippen molar-refractivity contribution in [1.29, 1.82) is 0 Å². The van der Waals surface area contributed by atoms with Gasteiger partial charge in [-0.05, 0) is 29.7 Å². The van der Waals surface area contributed by atoms with E-state index in [-0.39, 0.29) is 35.3 Å². The fourth-order valence-corrected chi connectivity index (χ4v) is 4.91. The number of nitrogens with zero attached hydrogens (tertiary/aromatic N) is 4. The van der Waals surface area contributed by atoms with Crippen molar-refractivity contribution in [2.24, 2.45) is 5.92 Å². The molecule has 1 saturated heterocycles. The maximum absolute atomic E-state index is 13.2. The zero-order chi connectivity index (χ0) is 25.3. The van der Waals surface area contributed by atoms with Gasteiger partial charge in [0.2, 0.25) is 11.9 Å². The largest absolute Gasteiger partial charge is 0.433 e. The lowest BCUT2D eigenvalue weighted by atomic mass is 9.99. The number of anilines is 2. The topological polar surface area (TPSA) is 95.5 Å². The Hall–Kier alpha value is -2.89. The molecule has 1 aromatic heterocycles. The van der Waals surface area contributed by atoms with Crippen molar-refractivity contribution >= 4 is 27.4 Å². The van der Waals surface area contributed by atoms with E-state index in [1.54, 1.807) is 23.1 Å². The van der Waals surface area contributed by atoms with Gasteiger partial charge in [0.05, 0.1) is 10.9 Å². The molecular weight excluding hydrogens is 471 g/mol. The summed E-state index contributed by atoms with van der Waals surface area (Å²) in [6, 6.07) is 5.70. The summed E-state index contributed by atoms with van der Waals surface area (Å²) in [6.07, 6.45) is -2.34. The zero-order valence-electron chi connectivity index (χ0n) is 19.4. The van der Waals surface area contributed by atoms with Gasteiger partial charge < -0.3 is 15.1 Å². The van der Waals surface area contributed by atoms with E-state index in [1.807, 2.05) is 18.7 Å². The van der Waals surface area contributed by atoms with Gasteiger partial charge in [0.1, 0.15) is 5.69 Å². The second-order valence-electron chi connectivity index (χ2n) is 8.66. The van der Waals surface area contributed by atoms with Crippen LogP contribution in [0.25, 0.3) is 0 Å². The molecule has 1 N–H and O–H groups in total. The average molecular weight is 500 g/mol. The van der Waals surface area contributed by atoms with Gasteiger partial charge in [0.15, 0.2) is 9.84 Å². The summed E-state index contributed by atoms with van der Waals surface area (Å²) < 4.78 is 64.3. The minimum absolute atomic E-state index is 0.0238. The molecule has 0 spiro atoms. The number of nitrogens with one attached hydrogen (secondary N) is 1. The lowest BCUT2D eigenvalue weighted by molar-refractivity contribution is -0.141. The summed E-state index contributed by atoms with van der Waals surface area (Å²) in [4.78, 5) is 23.0. The van der Waals surface area contributed by atoms with E-state index in [2.05, 4.69) is 15.3 Å². The molecule has 2 heterocycles. The van der Waals surface area contributed by atoms with Gasteiger partial charge in [-0.1, -0.05) is 19.9 Å². The van der Waals surface area contributed by atoms with Crippen molar-refractivity contribution in [3.8, 4) is 0 Å². The van der Waals surface area contributed by atoms with Crippen molar-refractivity contribution in [1.82, 2.24) is 15.3 Å². The zero-order valence-corrected chi connectivity index (χ0v) is 20.2. The predicted molar refractivity (Wildman–Crippen MR) is 122 cm³/mol. The second kappa shape index (κ2) is 9.77. The van der Waals surface area contributed by atoms with Crippen LogP contribution in [0.2, 0.25) is 0 Å². The van der Waals surface area contributed by atoms with Crippen LogP contribution in [-0.4, -0.2) is 56.2 Å². The summed E-state index contributed by atoms with van der Waals surface area (Å²) in [5.74, 6) is -0.179.